The first-order valence-corrected chi connectivity index (χ1v) is 6.94. The Balaban J connectivity index is 2.10. The molecule has 2 aromatic rings. The number of rotatable bonds is 3. The quantitative estimate of drug-likeness (QED) is 0.894. The van der Waals surface area contributed by atoms with Crippen LogP contribution in [0.15, 0.2) is 0 Å². The maximum absolute atomic E-state index is 11.9. The molecular formula is C10H13N5OS2. The van der Waals surface area contributed by atoms with Crippen LogP contribution in [0.5, 0.6) is 0 Å². The van der Waals surface area contributed by atoms with E-state index in [9.17, 15) is 4.79 Å². The van der Waals surface area contributed by atoms with Gasteiger partial charge in [0.1, 0.15) is 0 Å². The Bertz CT molecular complexity index is 577. The number of hydrogen-bond acceptors (Lipinski definition) is 7. The number of carbonyl (C=O) groups excluding carboxylic acids is 1. The number of thiazole rings is 1. The molecular weight excluding hydrogens is 270 g/mol. The van der Waals surface area contributed by atoms with Gasteiger partial charge in [-0.1, -0.05) is 11.3 Å². The van der Waals surface area contributed by atoms with E-state index >= 15 is 0 Å². The first-order chi connectivity index (χ1) is 8.47. The summed E-state index contributed by atoms with van der Waals surface area (Å²) in [6.07, 6.45) is 0. The third-order valence-electron chi connectivity index (χ3n) is 2.32. The molecule has 3 N–H and O–H groups in total. The molecule has 0 saturated carbocycles. The molecule has 1 amide bonds. The van der Waals surface area contributed by atoms with Crippen molar-refractivity contribution >= 4 is 33.7 Å². The van der Waals surface area contributed by atoms with Crippen LogP contribution in [-0.2, 0) is 0 Å². The van der Waals surface area contributed by atoms with Gasteiger partial charge in [-0.15, -0.1) is 21.5 Å². The highest BCUT2D eigenvalue weighted by molar-refractivity contribution is 7.16. The number of amides is 1. The van der Waals surface area contributed by atoms with Crippen molar-refractivity contribution in [3.05, 3.63) is 20.6 Å². The fourth-order valence-electron chi connectivity index (χ4n) is 1.60. The standard InChI is InChI=1S/C10H13N5OS2/c1-4-7(17-6(3)12-4)5(2)13-8(16)9-14-15-10(11)18-9/h5H,1-3H3,(H2,11,15)(H,13,16). The van der Waals surface area contributed by atoms with Gasteiger partial charge < -0.3 is 11.1 Å². The lowest BCUT2D eigenvalue weighted by Gasteiger charge is -2.11. The Morgan fingerprint density at radius 2 is 2.06 bits per heavy atom. The molecule has 6 nitrogen and oxygen atoms in total. The fraction of sp³-hybridized carbons (Fsp3) is 0.400. The van der Waals surface area contributed by atoms with Crippen LogP contribution in [0.2, 0.25) is 0 Å². The number of hydrogen-bond donors (Lipinski definition) is 2. The van der Waals surface area contributed by atoms with Crippen molar-refractivity contribution in [2.75, 3.05) is 5.73 Å². The average Bonchev–Trinajstić information content (AvgIpc) is 2.84. The summed E-state index contributed by atoms with van der Waals surface area (Å²) in [5.41, 5.74) is 6.39. The topological polar surface area (TPSA) is 93.8 Å². The zero-order chi connectivity index (χ0) is 13.3. The normalized spacial score (nSPS) is 12.4. The summed E-state index contributed by atoms with van der Waals surface area (Å²) >= 11 is 2.66. The predicted octanol–water partition coefficient (Wildman–Crippen LogP) is 1.68. The van der Waals surface area contributed by atoms with E-state index in [0.29, 0.717) is 0 Å². The molecule has 1 unspecified atom stereocenters. The minimum Gasteiger partial charge on any atom is -0.374 e. The summed E-state index contributed by atoms with van der Waals surface area (Å²) in [7, 11) is 0. The van der Waals surface area contributed by atoms with Crippen molar-refractivity contribution < 1.29 is 4.79 Å². The van der Waals surface area contributed by atoms with Crippen LogP contribution in [0.25, 0.3) is 0 Å². The Hall–Kier alpha value is -1.54. The monoisotopic (exact) mass is 283 g/mol. The van der Waals surface area contributed by atoms with Gasteiger partial charge in [-0.05, 0) is 20.8 Å². The highest BCUT2D eigenvalue weighted by Gasteiger charge is 2.18. The number of aromatic nitrogens is 3. The molecule has 0 aliphatic rings. The lowest BCUT2D eigenvalue weighted by molar-refractivity contribution is 0.0939. The largest absolute Gasteiger partial charge is 0.374 e. The van der Waals surface area contributed by atoms with Gasteiger partial charge in [0.2, 0.25) is 10.1 Å². The minimum absolute atomic E-state index is 0.103. The van der Waals surface area contributed by atoms with E-state index in [2.05, 4.69) is 20.5 Å². The van der Waals surface area contributed by atoms with Crippen molar-refractivity contribution in [1.82, 2.24) is 20.5 Å². The first kappa shape index (κ1) is 12.9. The molecule has 2 heterocycles. The van der Waals surface area contributed by atoms with Crippen molar-refractivity contribution in [1.29, 1.82) is 0 Å². The van der Waals surface area contributed by atoms with Gasteiger partial charge in [0.25, 0.3) is 5.91 Å². The van der Waals surface area contributed by atoms with E-state index in [-0.39, 0.29) is 22.1 Å². The molecule has 2 rings (SSSR count). The predicted molar refractivity (Wildman–Crippen MR) is 71.8 cm³/mol. The summed E-state index contributed by atoms with van der Waals surface area (Å²) in [6.45, 7) is 5.80. The maximum atomic E-state index is 11.9. The van der Waals surface area contributed by atoms with Gasteiger partial charge >= 0.3 is 0 Å². The molecule has 0 fully saturated rings. The third kappa shape index (κ3) is 2.65. The highest BCUT2D eigenvalue weighted by atomic mass is 32.1. The second kappa shape index (κ2) is 4.99. The maximum Gasteiger partial charge on any atom is 0.282 e. The molecule has 0 spiro atoms. The summed E-state index contributed by atoms with van der Waals surface area (Å²) in [4.78, 5) is 17.3. The van der Waals surface area contributed by atoms with Crippen molar-refractivity contribution in [2.45, 2.75) is 26.8 Å². The van der Waals surface area contributed by atoms with Crippen LogP contribution in [0.1, 0.15) is 38.3 Å². The zero-order valence-corrected chi connectivity index (χ0v) is 11.9. The highest BCUT2D eigenvalue weighted by Crippen LogP contribution is 2.24. The Kier molecular flexibility index (Phi) is 3.58. The smallest absolute Gasteiger partial charge is 0.282 e. The molecule has 0 radical (unpaired) electrons. The van der Waals surface area contributed by atoms with Crippen LogP contribution in [0.4, 0.5) is 5.13 Å². The van der Waals surface area contributed by atoms with E-state index in [0.717, 1.165) is 26.9 Å². The minimum atomic E-state index is -0.262. The average molecular weight is 283 g/mol. The van der Waals surface area contributed by atoms with E-state index in [1.807, 2.05) is 20.8 Å². The summed E-state index contributed by atoms with van der Waals surface area (Å²) in [5, 5.41) is 11.7. The van der Waals surface area contributed by atoms with Crippen molar-refractivity contribution in [3.63, 3.8) is 0 Å². The van der Waals surface area contributed by atoms with E-state index < -0.39 is 0 Å². The van der Waals surface area contributed by atoms with Crippen LogP contribution < -0.4 is 11.1 Å². The summed E-state index contributed by atoms with van der Waals surface area (Å²) in [5.74, 6) is -0.262. The summed E-state index contributed by atoms with van der Waals surface area (Å²) in [6, 6.07) is -0.103. The van der Waals surface area contributed by atoms with Gasteiger partial charge in [-0.25, -0.2) is 4.98 Å². The van der Waals surface area contributed by atoms with Gasteiger partial charge in [-0.3, -0.25) is 4.79 Å². The molecule has 2 aromatic heterocycles. The Labute approximate surface area is 112 Å². The molecule has 8 heteroatoms. The second-order valence-corrected chi connectivity index (χ2v) is 6.07. The van der Waals surface area contributed by atoms with Gasteiger partial charge in [0.05, 0.1) is 16.7 Å². The third-order valence-corrected chi connectivity index (χ3v) is 4.32. The molecule has 96 valence electrons. The number of nitrogens with one attached hydrogen (secondary N) is 1. The molecule has 0 bridgehead atoms. The van der Waals surface area contributed by atoms with Crippen LogP contribution >= 0.6 is 22.7 Å². The fourth-order valence-corrected chi connectivity index (χ4v) is 3.04. The molecule has 18 heavy (non-hydrogen) atoms. The molecule has 0 aliphatic heterocycles. The van der Waals surface area contributed by atoms with Crippen LogP contribution in [-0.4, -0.2) is 21.1 Å². The zero-order valence-electron chi connectivity index (χ0n) is 10.2. The SMILES string of the molecule is Cc1nc(C)c(C(C)NC(=O)c2nnc(N)s2)s1. The number of nitrogens with zero attached hydrogens (tertiary/aromatic N) is 3. The van der Waals surface area contributed by atoms with Crippen LogP contribution in [0, 0.1) is 13.8 Å². The van der Waals surface area contributed by atoms with Gasteiger partial charge in [0, 0.05) is 4.88 Å². The Morgan fingerprint density at radius 1 is 1.33 bits per heavy atom. The van der Waals surface area contributed by atoms with Gasteiger partial charge in [0.15, 0.2) is 0 Å². The molecule has 0 aliphatic carbocycles. The van der Waals surface area contributed by atoms with E-state index in [1.54, 1.807) is 11.3 Å². The first-order valence-electron chi connectivity index (χ1n) is 5.31. The summed E-state index contributed by atoms with van der Waals surface area (Å²) < 4.78 is 0. The number of nitrogen functional groups attached to an aromatic ring is 1. The van der Waals surface area contributed by atoms with Crippen LogP contribution in [0.3, 0.4) is 0 Å². The van der Waals surface area contributed by atoms with Crippen molar-refractivity contribution in [2.24, 2.45) is 0 Å². The number of nitrogens with two attached hydrogens (primary N) is 1. The van der Waals surface area contributed by atoms with Crippen molar-refractivity contribution in [3.8, 4) is 0 Å². The number of aryl methyl sites for hydroxylation is 2. The van der Waals surface area contributed by atoms with E-state index in [1.165, 1.54) is 0 Å². The van der Waals surface area contributed by atoms with Gasteiger partial charge in [-0.2, -0.15) is 0 Å². The number of anilines is 1. The Morgan fingerprint density at radius 3 is 2.56 bits per heavy atom. The number of carbonyl (C=O) groups is 1. The molecule has 0 saturated heterocycles. The molecule has 1 atom stereocenters. The second-order valence-electron chi connectivity index (χ2n) is 3.82. The lowest BCUT2D eigenvalue weighted by atomic mass is 10.2. The lowest BCUT2D eigenvalue weighted by Crippen LogP contribution is -2.26. The van der Waals surface area contributed by atoms with E-state index in [4.69, 9.17) is 5.73 Å². The molecule has 0 aromatic carbocycles.